The van der Waals surface area contributed by atoms with Crippen molar-refractivity contribution in [3.05, 3.63) is 59.4 Å². The minimum atomic E-state index is -0.367. The first-order valence-corrected chi connectivity index (χ1v) is 6.27. The number of carbonyl (C=O) groups is 1. The minimum Gasteiger partial charge on any atom is -0.298 e. The van der Waals surface area contributed by atoms with Gasteiger partial charge in [0, 0.05) is 11.1 Å². The molecule has 0 aliphatic carbocycles. The summed E-state index contributed by atoms with van der Waals surface area (Å²) in [5, 5.41) is 0. The van der Waals surface area contributed by atoms with Gasteiger partial charge >= 0.3 is 0 Å². The molecule has 2 aromatic rings. The van der Waals surface area contributed by atoms with Crippen molar-refractivity contribution in [3.63, 3.8) is 0 Å². The maximum absolute atomic E-state index is 13.9. The third kappa shape index (κ3) is 2.90. The van der Waals surface area contributed by atoms with Crippen molar-refractivity contribution in [2.45, 2.75) is 26.2 Å². The second-order valence-corrected chi connectivity index (χ2v) is 5.68. The van der Waals surface area contributed by atoms with Crippen molar-refractivity contribution >= 4 is 6.29 Å². The van der Waals surface area contributed by atoms with E-state index in [4.69, 9.17) is 0 Å². The molecule has 0 radical (unpaired) electrons. The quantitative estimate of drug-likeness (QED) is 0.717. The van der Waals surface area contributed by atoms with E-state index in [1.165, 1.54) is 11.6 Å². The van der Waals surface area contributed by atoms with Crippen molar-refractivity contribution in [1.82, 2.24) is 0 Å². The van der Waals surface area contributed by atoms with Gasteiger partial charge in [-0.1, -0.05) is 57.2 Å². The lowest BCUT2D eigenvalue weighted by Crippen LogP contribution is -2.10. The SMILES string of the molecule is CC(C)(C)c1ccc(-c2ccc(C=O)cc2F)cc1. The van der Waals surface area contributed by atoms with Crippen LogP contribution >= 0.6 is 0 Å². The molecule has 0 N–H and O–H groups in total. The van der Waals surface area contributed by atoms with E-state index < -0.39 is 0 Å². The fourth-order valence-corrected chi connectivity index (χ4v) is 1.99. The van der Waals surface area contributed by atoms with Crippen LogP contribution in [0.3, 0.4) is 0 Å². The molecule has 0 aromatic heterocycles. The van der Waals surface area contributed by atoms with Gasteiger partial charge in [-0.25, -0.2) is 4.39 Å². The zero-order chi connectivity index (χ0) is 14.0. The Morgan fingerprint density at radius 2 is 1.63 bits per heavy atom. The molecule has 0 bridgehead atoms. The Labute approximate surface area is 113 Å². The van der Waals surface area contributed by atoms with E-state index in [1.54, 1.807) is 12.1 Å². The molecule has 2 heteroatoms. The summed E-state index contributed by atoms with van der Waals surface area (Å²) in [4.78, 5) is 10.6. The zero-order valence-electron chi connectivity index (χ0n) is 11.4. The van der Waals surface area contributed by atoms with Crippen LogP contribution in [-0.4, -0.2) is 6.29 Å². The van der Waals surface area contributed by atoms with Gasteiger partial charge in [0.15, 0.2) is 0 Å². The fraction of sp³-hybridized carbons (Fsp3) is 0.235. The summed E-state index contributed by atoms with van der Waals surface area (Å²) in [5.74, 6) is -0.367. The number of halogens is 1. The molecular weight excluding hydrogens is 239 g/mol. The first-order chi connectivity index (χ1) is 8.91. The van der Waals surface area contributed by atoms with Crippen LogP contribution < -0.4 is 0 Å². The lowest BCUT2D eigenvalue weighted by Gasteiger charge is -2.19. The monoisotopic (exact) mass is 256 g/mol. The Balaban J connectivity index is 2.40. The van der Waals surface area contributed by atoms with Crippen LogP contribution in [0.1, 0.15) is 36.7 Å². The molecule has 0 unspecified atom stereocenters. The van der Waals surface area contributed by atoms with E-state index in [0.29, 0.717) is 17.4 Å². The highest BCUT2D eigenvalue weighted by Crippen LogP contribution is 2.27. The average Bonchev–Trinajstić information content (AvgIpc) is 2.37. The number of benzene rings is 2. The summed E-state index contributed by atoms with van der Waals surface area (Å²) < 4.78 is 13.9. The zero-order valence-corrected chi connectivity index (χ0v) is 11.4. The number of hydrogen-bond acceptors (Lipinski definition) is 1. The van der Waals surface area contributed by atoms with Crippen LogP contribution in [0.4, 0.5) is 4.39 Å². The number of hydrogen-bond donors (Lipinski definition) is 0. The second kappa shape index (κ2) is 4.96. The van der Waals surface area contributed by atoms with E-state index in [-0.39, 0.29) is 11.2 Å². The summed E-state index contributed by atoms with van der Waals surface area (Å²) in [6, 6.07) is 12.4. The van der Waals surface area contributed by atoms with Gasteiger partial charge in [-0.2, -0.15) is 0 Å². The first kappa shape index (κ1) is 13.5. The van der Waals surface area contributed by atoms with Gasteiger partial charge in [0.25, 0.3) is 0 Å². The normalized spacial score (nSPS) is 11.4. The lowest BCUT2D eigenvalue weighted by atomic mass is 9.86. The van der Waals surface area contributed by atoms with E-state index >= 15 is 0 Å². The summed E-state index contributed by atoms with van der Waals surface area (Å²) in [7, 11) is 0. The smallest absolute Gasteiger partial charge is 0.150 e. The molecule has 0 heterocycles. The molecule has 0 aliphatic rings. The molecule has 2 aromatic carbocycles. The molecule has 0 spiro atoms. The number of carbonyl (C=O) groups excluding carboxylic acids is 1. The van der Waals surface area contributed by atoms with Crippen molar-refractivity contribution < 1.29 is 9.18 Å². The van der Waals surface area contributed by atoms with Gasteiger partial charge < -0.3 is 0 Å². The van der Waals surface area contributed by atoms with Crippen LogP contribution in [-0.2, 0) is 5.41 Å². The van der Waals surface area contributed by atoms with E-state index in [9.17, 15) is 9.18 Å². The summed E-state index contributed by atoms with van der Waals surface area (Å²) >= 11 is 0. The van der Waals surface area contributed by atoms with E-state index in [2.05, 4.69) is 20.8 Å². The van der Waals surface area contributed by atoms with E-state index in [1.807, 2.05) is 24.3 Å². The van der Waals surface area contributed by atoms with Crippen LogP contribution in [0.2, 0.25) is 0 Å². The van der Waals surface area contributed by atoms with Gasteiger partial charge in [0.05, 0.1) is 0 Å². The Morgan fingerprint density at radius 3 is 2.11 bits per heavy atom. The predicted octanol–water partition coefficient (Wildman–Crippen LogP) is 4.60. The Bertz CT molecular complexity index is 592. The highest BCUT2D eigenvalue weighted by molar-refractivity contribution is 5.77. The number of rotatable bonds is 2. The third-order valence-electron chi connectivity index (χ3n) is 3.19. The molecule has 0 atom stereocenters. The molecule has 19 heavy (non-hydrogen) atoms. The van der Waals surface area contributed by atoms with Crippen LogP contribution in [0.15, 0.2) is 42.5 Å². The van der Waals surface area contributed by atoms with Gasteiger partial charge in [0.2, 0.25) is 0 Å². The van der Waals surface area contributed by atoms with E-state index in [0.717, 1.165) is 5.56 Å². The predicted molar refractivity (Wildman–Crippen MR) is 75.9 cm³/mol. The van der Waals surface area contributed by atoms with Gasteiger partial charge in [0.1, 0.15) is 12.1 Å². The maximum atomic E-state index is 13.9. The molecule has 0 fully saturated rings. The standard InChI is InChI=1S/C17H17FO/c1-17(2,3)14-7-5-13(6-8-14)15-9-4-12(11-19)10-16(15)18/h4-11H,1-3H3. The average molecular weight is 256 g/mol. The summed E-state index contributed by atoms with van der Waals surface area (Å²) in [5.41, 5.74) is 2.99. The van der Waals surface area contributed by atoms with Gasteiger partial charge in [-0.05, 0) is 22.6 Å². The van der Waals surface area contributed by atoms with Gasteiger partial charge in [-0.3, -0.25) is 4.79 Å². The summed E-state index contributed by atoms with van der Waals surface area (Å²) in [6.07, 6.45) is 0.648. The van der Waals surface area contributed by atoms with Crippen LogP contribution in [0.5, 0.6) is 0 Å². The van der Waals surface area contributed by atoms with Crippen LogP contribution in [0, 0.1) is 5.82 Å². The Kier molecular flexibility index (Phi) is 3.52. The van der Waals surface area contributed by atoms with Crippen molar-refractivity contribution in [1.29, 1.82) is 0 Å². The highest BCUT2D eigenvalue weighted by atomic mass is 19.1. The van der Waals surface area contributed by atoms with Crippen molar-refractivity contribution in [3.8, 4) is 11.1 Å². The lowest BCUT2D eigenvalue weighted by molar-refractivity contribution is 0.112. The van der Waals surface area contributed by atoms with Crippen LogP contribution in [0.25, 0.3) is 11.1 Å². The maximum Gasteiger partial charge on any atom is 0.150 e. The third-order valence-corrected chi connectivity index (χ3v) is 3.19. The van der Waals surface area contributed by atoms with Gasteiger partial charge in [-0.15, -0.1) is 0 Å². The largest absolute Gasteiger partial charge is 0.298 e. The van der Waals surface area contributed by atoms with Crippen molar-refractivity contribution in [2.75, 3.05) is 0 Å². The second-order valence-electron chi connectivity index (χ2n) is 5.68. The number of aldehydes is 1. The Morgan fingerprint density at radius 1 is 1.00 bits per heavy atom. The molecule has 0 amide bonds. The molecule has 0 saturated heterocycles. The molecule has 0 saturated carbocycles. The Hall–Kier alpha value is -1.96. The first-order valence-electron chi connectivity index (χ1n) is 6.27. The highest BCUT2D eigenvalue weighted by Gasteiger charge is 2.13. The topological polar surface area (TPSA) is 17.1 Å². The van der Waals surface area contributed by atoms with Crippen molar-refractivity contribution in [2.24, 2.45) is 0 Å². The fourth-order valence-electron chi connectivity index (χ4n) is 1.99. The molecule has 98 valence electrons. The molecule has 2 rings (SSSR count). The molecule has 1 nitrogen and oxygen atoms in total. The minimum absolute atomic E-state index is 0.0818. The molecule has 0 aliphatic heterocycles. The summed E-state index contributed by atoms with van der Waals surface area (Å²) in [6.45, 7) is 6.42. The molecular formula is C17H17FO.